The number of aromatic nitrogens is 1. The second-order valence-electron chi connectivity index (χ2n) is 13.0. The maximum atomic E-state index is 11.9. The second-order valence-corrected chi connectivity index (χ2v) is 14.0. The van der Waals surface area contributed by atoms with E-state index >= 15 is 0 Å². The van der Waals surface area contributed by atoms with Gasteiger partial charge in [-0.2, -0.15) is 4.57 Å². The van der Waals surface area contributed by atoms with Crippen molar-refractivity contribution in [3.05, 3.63) is 76.4 Å². The fourth-order valence-electron chi connectivity index (χ4n) is 7.85. The molecule has 4 aliphatic heterocycles. The Hall–Kier alpha value is -2.96. The van der Waals surface area contributed by atoms with Gasteiger partial charge in [0, 0.05) is 41.4 Å². The predicted molar refractivity (Wildman–Crippen MR) is 165 cm³/mol. The Morgan fingerprint density at radius 2 is 1.90 bits per heavy atom. The Balaban J connectivity index is 1.30. The zero-order valence-electron chi connectivity index (χ0n) is 24.7. The van der Waals surface area contributed by atoms with E-state index in [0.29, 0.717) is 13.0 Å². The van der Waals surface area contributed by atoms with Crippen molar-refractivity contribution in [3.8, 4) is 0 Å². The van der Waals surface area contributed by atoms with Gasteiger partial charge in [-0.1, -0.05) is 68.4 Å². The summed E-state index contributed by atoms with van der Waals surface area (Å²) in [4.78, 5) is 14.5. The first kappa shape index (κ1) is 26.9. The molecule has 4 aliphatic rings. The van der Waals surface area contributed by atoms with Crippen LogP contribution in [0.15, 0.2) is 65.9 Å². The molecule has 41 heavy (non-hydrogen) atoms. The molecule has 5 heterocycles. The van der Waals surface area contributed by atoms with Crippen LogP contribution in [0.5, 0.6) is 0 Å². The minimum Gasteiger partial charge on any atom is -0.466 e. The zero-order chi connectivity index (χ0) is 28.4. The van der Waals surface area contributed by atoms with Crippen molar-refractivity contribution in [1.29, 1.82) is 0 Å². The van der Waals surface area contributed by atoms with Gasteiger partial charge in [0.05, 0.1) is 23.7 Å². The molecule has 3 aromatic rings. The monoisotopic (exact) mass is 569 g/mol. The predicted octanol–water partition coefficient (Wildman–Crippen LogP) is 7.33. The largest absolute Gasteiger partial charge is 0.466 e. The normalized spacial score (nSPS) is 25.7. The first-order valence-electron chi connectivity index (χ1n) is 15.4. The number of hydrogen-bond acceptors (Lipinski definition) is 5. The molecule has 3 atom stereocenters. The van der Waals surface area contributed by atoms with E-state index < -0.39 is 0 Å². The molecule has 0 saturated carbocycles. The molecule has 6 heteroatoms. The van der Waals surface area contributed by atoms with Gasteiger partial charge >= 0.3 is 5.97 Å². The first-order valence-corrected chi connectivity index (χ1v) is 16.2. The number of carbonyl (C=O) groups is 1. The zero-order valence-corrected chi connectivity index (χ0v) is 25.6. The van der Waals surface area contributed by atoms with Crippen LogP contribution in [0.25, 0.3) is 15.8 Å². The standard InChI is InChI=1S/C35H41N2O3S/c1-5-39-30(38)17-7-6-12-19-35(4)25-13-8-9-14-26(25)36-20-18-28-23(31(35)36)21-24-32(40-28)34(2,3)22-37-27-15-10-11-16-29(27)41-33(24)37/h8-11,13-16,21,28,32H,5-7,12,17-20,22H2,1-4H3/q+1. The molecular formula is C35H41N2O3S+. The molecule has 5 nitrogen and oxygen atoms in total. The highest BCUT2D eigenvalue weighted by Crippen LogP contribution is 2.56. The topological polar surface area (TPSA) is 42.6 Å². The van der Waals surface area contributed by atoms with Gasteiger partial charge in [-0.25, -0.2) is 0 Å². The molecule has 0 radical (unpaired) electrons. The number of fused-ring (bicyclic) bond motifs is 9. The van der Waals surface area contributed by atoms with Crippen molar-refractivity contribution in [1.82, 2.24) is 0 Å². The smallest absolute Gasteiger partial charge is 0.305 e. The quantitative estimate of drug-likeness (QED) is 0.170. The summed E-state index contributed by atoms with van der Waals surface area (Å²) in [6.07, 6.45) is 8.29. The summed E-state index contributed by atoms with van der Waals surface area (Å²) in [5, 5.41) is 1.34. The average Bonchev–Trinajstić information content (AvgIpc) is 3.45. The van der Waals surface area contributed by atoms with Gasteiger partial charge in [-0.3, -0.25) is 4.79 Å². The molecule has 214 valence electrons. The third-order valence-corrected chi connectivity index (χ3v) is 10.9. The number of unbranched alkanes of at least 4 members (excludes halogenated alkanes) is 2. The van der Waals surface area contributed by atoms with E-state index in [2.05, 4.69) is 84.8 Å². The minimum absolute atomic E-state index is 0.00153. The maximum absolute atomic E-state index is 11.9. The van der Waals surface area contributed by atoms with Gasteiger partial charge in [0.25, 0.3) is 5.01 Å². The Morgan fingerprint density at radius 3 is 2.76 bits per heavy atom. The summed E-state index contributed by atoms with van der Waals surface area (Å²) in [7, 11) is 0. The van der Waals surface area contributed by atoms with Crippen LogP contribution in [-0.2, 0) is 26.2 Å². The van der Waals surface area contributed by atoms with E-state index in [-0.39, 0.29) is 29.0 Å². The average molecular weight is 570 g/mol. The summed E-state index contributed by atoms with van der Waals surface area (Å²) in [6.45, 7) is 11.5. The van der Waals surface area contributed by atoms with E-state index in [0.717, 1.165) is 45.2 Å². The summed E-state index contributed by atoms with van der Waals surface area (Å²) >= 11 is 1.90. The molecule has 0 bridgehead atoms. The Labute approximate surface area is 247 Å². The highest BCUT2D eigenvalue weighted by molar-refractivity contribution is 7.19. The van der Waals surface area contributed by atoms with E-state index in [1.807, 2.05) is 18.3 Å². The maximum Gasteiger partial charge on any atom is 0.305 e. The van der Waals surface area contributed by atoms with Gasteiger partial charge in [0.2, 0.25) is 5.52 Å². The van der Waals surface area contributed by atoms with E-state index in [9.17, 15) is 4.79 Å². The summed E-state index contributed by atoms with van der Waals surface area (Å²) in [6, 6.07) is 17.8. The van der Waals surface area contributed by atoms with E-state index in [1.54, 1.807) is 0 Å². The molecule has 0 amide bonds. The highest BCUT2D eigenvalue weighted by atomic mass is 32.1. The molecule has 0 N–H and O–H groups in total. The lowest BCUT2D eigenvalue weighted by Crippen LogP contribution is -2.56. The number of carbonyl (C=O) groups excluding carboxylic acids is 1. The van der Waals surface area contributed by atoms with Gasteiger partial charge in [0.15, 0.2) is 6.54 Å². The molecule has 0 aliphatic carbocycles. The fraction of sp³-hybridized carbons (Fsp3) is 0.486. The van der Waals surface area contributed by atoms with Crippen molar-refractivity contribution < 1.29 is 18.8 Å². The van der Waals surface area contributed by atoms with Crippen LogP contribution in [0.3, 0.4) is 0 Å². The third kappa shape index (κ3) is 4.28. The number of para-hydroxylation sites is 2. The van der Waals surface area contributed by atoms with Gasteiger partial charge in [0.1, 0.15) is 10.8 Å². The van der Waals surface area contributed by atoms with Crippen LogP contribution in [0, 0.1) is 5.41 Å². The number of nitrogens with zero attached hydrogens (tertiary/aromatic N) is 2. The van der Waals surface area contributed by atoms with Crippen LogP contribution >= 0.6 is 11.3 Å². The Kier molecular flexibility index (Phi) is 6.62. The van der Waals surface area contributed by atoms with Crippen molar-refractivity contribution in [2.45, 2.75) is 90.4 Å². The van der Waals surface area contributed by atoms with Crippen LogP contribution in [-0.4, -0.2) is 31.3 Å². The minimum atomic E-state index is -0.0951. The van der Waals surface area contributed by atoms with Crippen molar-refractivity contribution in [3.63, 3.8) is 0 Å². The molecule has 1 aromatic heterocycles. The van der Waals surface area contributed by atoms with E-state index in [1.165, 1.54) is 43.3 Å². The van der Waals surface area contributed by atoms with Crippen LogP contribution in [0.4, 0.5) is 5.69 Å². The number of thiazole rings is 1. The second kappa shape index (κ2) is 10.1. The number of allylic oxidation sites excluding steroid dienone is 1. The van der Waals surface area contributed by atoms with Crippen molar-refractivity contribution in [2.24, 2.45) is 5.41 Å². The number of esters is 1. The molecule has 0 saturated heterocycles. The van der Waals surface area contributed by atoms with Crippen LogP contribution < -0.4 is 9.47 Å². The molecule has 2 aromatic carbocycles. The molecule has 3 unspecified atom stereocenters. The fourth-order valence-corrected chi connectivity index (χ4v) is 9.05. The van der Waals surface area contributed by atoms with Gasteiger partial charge < -0.3 is 14.4 Å². The number of ether oxygens (including phenoxy) is 2. The van der Waals surface area contributed by atoms with Gasteiger partial charge in [-0.15, -0.1) is 0 Å². The van der Waals surface area contributed by atoms with E-state index in [4.69, 9.17) is 9.47 Å². The number of anilines is 1. The molecule has 7 rings (SSSR count). The lowest BCUT2D eigenvalue weighted by molar-refractivity contribution is -0.688. The lowest BCUT2D eigenvalue weighted by atomic mass is 9.72. The van der Waals surface area contributed by atoms with Crippen molar-refractivity contribution >= 4 is 38.8 Å². The number of benzene rings is 2. The molecule has 0 fully saturated rings. The summed E-state index contributed by atoms with van der Waals surface area (Å²) in [5.41, 5.74) is 8.15. The number of rotatable bonds is 7. The molecular weight excluding hydrogens is 528 g/mol. The summed E-state index contributed by atoms with van der Waals surface area (Å²) in [5.74, 6) is -0.0782. The first-order chi connectivity index (χ1) is 19.8. The molecule has 0 spiro atoms. The van der Waals surface area contributed by atoms with Crippen LogP contribution in [0.2, 0.25) is 0 Å². The SMILES string of the molecule is CCOC(=O)CCCCCC1(C)C2=C3C=C4c5sc6ccccc6[n+]5CC(C)(C)C4OC3CCN2c2ccccc21. The number of hydrogen-bond donors (Lipinski definition) is 0. The van der Waals surface area contributed by atoms with Crippen LogP contribution in [0.1, 0.15) is 76.8 Å². The Morgan fingerprint density at radius 1 is 1.10 bits per heavy atom. The lowest BCUT2D eigenvalue weighted by Gasteiger charge is -2.46. The highest BCUT2D eigenvalue weighted by Gasteiger charge is 2.53. The van der Waals surface area contributed by atoms with Crippen molar-refractivity contribution in [2.75, 3.05) is 18.1 Å². The van der Waals surface area contributed by atoms with Gasteiger partial charge in [-0.05, 0) is 56.9 Å². The Bertz CT molecular complexity index is 1580. The third-order valence-electron chi connectivity index (χ3n) is 9.70. The summed E-state index contributed by atoms with van der Waals surface area (Å²) < 4.78 is 16.2.